The van der Waals surface area contributed by atoms with E-state index in [1.807, 2.05) is 7.05 Å². The molecule has 2 rings (SSSR count). The van der Waals surface area contributed by atoms with E-state index in [0.717, 1.165) is 37.9 Å². The van der Waals surface area contributed by atoms with Crippen molar-refractivity contribution >= 4 is 0 Å². The largest absolute Gasteiger partial charge is 0.378 e. The van der Waals surface area contributed by atoms with Gasteiger partial charge in [-0.1, -0.05) is 6.07 Å². The molecular weight excluding hydrogens is 248 g/mol. The lowest BCUT2D eigenvalue weighted by molar-refractivity contribution is 0.0998. The lowest BCUT2D eigenvalue weighted by atomic mass is 9.99. The highest BCUT2D eigenvalue weighted by Crippen LogP contribution is 2.19. The first kappa shape index (κ1) is 14.4. The van der Waals surface area contributed by atoms with Crippen LogP contribution in [0, 0.1) is 11.6 Å². The normalized spacial score (nSPS) is 20.7. The Kier molecular flexibility index (Phi) is 5.28. The van der Waals surface area contributed by atoms with Gasteiger partial charge in [-0.05, 0) is 56.8 Å². The molecule has 0 amide bonds. The zero-order valence-corrected chi connectivity index (χ0v) is 11.3. The molecule has 0 saturated carbocycles. The highest BCUT2D eigenvalue weighted by Gasteiger charge is 2.17. The molecule has 0 aromatic heterocycles. The summed E-state index contributed by atoms with van der Waals surface area (Å²) in [6.07, 6.45) is 5.39. The van der Waals surface area contributed by atoms with E-state index < -0.39 is 11.6 Å². The fourth-order valence-corrected chi connectivity index (χ4v) is 2.56. The van der Waals surface area contributed by atoms with Gasteiger partial charge in [0, 0.05) is 12.6 Å². The summed E-state index contributed by atoms with van der Waals surface area (Å²) in [5.41, 5.74) is 0.825. The molecule has 0 radical (unpaired) electrons. The number of rotatable bonds is 6. The molecule has 0 aliphatic carbocycles. The van der Waals surface area contributed by atoms with Gasteiger partial charge in [0.1, 0.15) is 0 Å². The highest BCUT2D eigenvalue weighted by atomic mass is 19.2. The molecular formula is C15H21F2NO. The Hall–Kier alpha value is -1.00. The molecule has 19 heavy (non-hydrogen) atoms. The van der Waals surface area contributed by atoms with Gasteiger partial charge in [0.05, 0.1) is 6.10 Å². The van der Waals surface area contributed by atoms with Crippen LogP contribution in [0.1, 0.15) is 31.2 Å². The zero-order chi connectivity index (χ0) is 13.7. The molecule has 1 saturated heterocycles. The van der Waals surface area contributed by atoms with Crippen molar-refractivity contribution in [3.8, 4) is 0 Å². The topological polar surface area (TPSA) is 21.3 Å². The first-order valence-corrected chi connectivity index (χ1v) is 6.92. The van der Waals surface area contributed by atoms with E-state index >= 15 is 0 Å². The van der Waals surface area contributed by atoms with E-state index in [2.05, 4.69) is 5.32 Å². The van der Waals surface area contributed by atoms with E-state index in [-0.39, 0.29) is 6.04 Å². The van der Waals surface area contributed by atoms with Gasteiger partial charge in [0.25, 0.3) is 0 Å². The van der Waals surface area contributed by atoms with Crippen molar-refractivity contribution < 1.29 is 13.5 Å². The SMILES string of the molecule is CNC(CCC1CCCO1)Cc1ccc(F)c(F)c1. The van der Waals surface area contributed by atoms with E-state index in [0.29, 0.717) is 12.5 Å². The van der Waals surface area contributed by atoms with Gasteiger partial charge in [-0.25, -0.2) is 8.78 Å². The Morgan fingerprint density at radius 2 is 2.21 bits per heavy atom. The second-order valence-electron chi connectivity index (χ2n) is 5.15. The Bertz CT molecular complexity index is 405. The van der Waals surface area contributed by atoms with Crippen molar-refractivity contribution in [2.75, 3.05) is 13.7 Å². The summed E-state index contributed by atoms with van der Waals surface area (Å²) in [6.45, 7) is 0.873. The van der Waals surface area contributed by atoms with Crippen LogP contribution < -0.4 is 5.32 Å². The number of benzene rings is 1. The smallest absolute Gasteiger partial charge is 0.159 e. The van der Waals surface area contributed by atoms with Crippen LogP contribution in [0.15, 0.2) is 18.2 Å². The van der Waals surface area contributed by atoms with Crippen LogP contribution >= 0.6 is 0 Å². The lowest BCUT2D eigenvalue weighted by Crippen LogP contribution is -2.28. The summed E-state index contributed by atoms with van der Waals surface area (Å²) >= 11 is 0. The third-order valence-corrected chi connectivity index (χ3v) is 3.74. The van der Waals surface area contributed by atoms with E-state index in [4.69, 9.17) is 4.74 Å². The number of ether oxygens (including phenoxy) is 1. The maximum atomic E-state index is 13.1. The van der Waals surface area contributed by atoms with Gasteiger partial charge in [0.2, 0.25) is 0 Å². The van der Waals surface area contributed by atoms with Crippen LogP contribution in [0.3, 0.4) is 0 Å². The number of hydrogen-bond acceptors (Lipinski definition) is 2. The minimum absolute atomic E-state index is 0.272. The van der Waals surface area contributed by atoms with Gasteiger partial charge in [-0.15, -0.1) is 0 Å². The molecule has 2 atom stereocenters. The number of likely N-dealkylation sites (N-methyl/N-ethyl adjacent to an activating group) is 1. The summed E-state index contributed by atoms with van der Waals surface area (Å²) < 4.78 is 31.6. The molecule has 1 aliphatic rings. The van der Waals surface area contributed by atoms with Crippen molar-refractivity contribution in [1.29, 1.82) is 0 Å². The van der Waals surface area contributed by atoms with Crippen LogP contribution in [0.4, 0.5) is 8.78 Å². The molecule has 106 valence electrons. The highest BCUT2D eigenvalue weighted by molar-refractivity contribution is 5.18. The third kappa shape index (κ3) is 4.25. The van der Waals surface area contributed by atoms with Crippen molar-refractivity contribution in [2.45, 2.75) is 44.2 Å². The van der Waals surface area contributed by atoms with Crippen LogP contribution in [0.5, 0.6) is 0 Å². The summed E-state index contributed by atoms with van der Waals surface area (Å²) in [6, 6.07) is 4.40. The molecule has 2 unspecified atom stereocenters. The molecule has 1 N–H and O–H groups in total. The van der Waals surface area contributed by atoms with Gasteiger partial charge >= 0.3 is 0 Å². The van der Waals surface area contributed by atoms with Crippen molar-refractivity contribution in [3.63, 3.8) is 0 Å². The molecule has 1 aromatic rings. The Morgan fingerprint density at radius 3 is 2.84 bits per heavy atom. The average Bonchev–Trinajstić information content (AvgIpc) is 2.92. The van der Waals surface area contributed by atoms with Crippen LogP contribution in [-0.4, -0.2) is 25.8 Å². The predicted octanol–water partition coefficient (Wildman–Crippen LogP) is 3.05. The lowest BCUT2D eigenvalue weighted by Gasteiger charge is -2.18. The van der Waals surface area contributed by atoms with E-state index in [1.165, 1.54) is 12.1 Å². The van der Waals surface area contributed by atoms with Gasteiger partial charge in [-0.2, -0.15) is 0 Å². The molecule has 0 bridgehead atoms. The average molecular weight is 269 g/mol. The molecule has 2 nitrogen and oxygen atoms in total. The van der Waals surface area contributed by atoms with Gasteiger partial charge in [-0.3, -0.25) is 0 Å². The summed E-state index contributed by atoms with van der Waals surface area (Å²) in [7, 11) is 1.90. The summed E-state index contributed by atoms with van der Waals surface area (Å²) in [5, 5.41) is 3.24. The second-order valence-corrected chi connectivity index (χ2v) is 5.15. The Morgan fingerprint density at radius 1 is 1.37 bits per heavy atom. The minimum Gasteiger partial charge on any atom is -0.378 e. The summed E-state index contributed by atoms with van der Waals surface area (Å²) in [5.74, 6) is -1.56. The Labute approximate surface area is 113 Å². The first-order chi connectivity index (χ1) is 9.19. The predicted molar refractivity (Wildman–Crippen MR) is 71.1 cm³/mol. The number of hydrogen-bond donors (Lipinski definition) is 1. The third-order valence-electron chi connectivity index (χ3n) is 3.74. The minimum atomic E-state index is -0.788. The zero-order valence-electron chi connectivity index (χ0n) is 11.3. The summed E-state index contributed by atoms with van der Waals surface area (Å²) in [4.78, 5) is 0. The molecule has 1 heterocycles. The monoisotopic (exact) mass is 269 g/mol. The van der Waals surface area contributed by atoms with Crippen LogP contribution in [-0.2, 0) is 11.2 Å². The first-order valence-electron chi connectivity index (χ1n) is 6.92. The van der Waals surface area contributed by atoms with E-state index in [9.17, 15) is 8.78 Å². The molecule has 1 aliphatic heterocycles. The van der Waals surface area contributed by atoms with Crippen LogP contribution in [0.2, 0.25) is 0 Å². The van der Waals surface area contributed by atoms with Gasteiger partial charge < -0.3 is 10.1 Å². The van der Waals surface area contributed by atoms with Crippen molar-refractivity contribution in [1.82, 2.24) is 5.32 Å². The number of halogens is 2. The fraction of sp³-hybridized carbons (Fsp3) is 0.600. The molecule has 1 aromatic carbocycles. The Balaban J connectivity index is 1.85. The van der Waals surface area contributed by atoms with Gasteiger partial charge in [0.15, 0.2) is 11.6 Å². The fourth-order valence-electron chi connectivity index (χ4n) is 2.56. The second kappa shape index (κ2) is 6.96. The molecule has 4 heteroatoms. The maximum absolute atomic E-state index is 13.1. The maximum Gasteiger partial charge on any atom is 0.159 e. The quantitative estimate of drug-likeness (QED) is 0.857. The molecule has 1 fully saturated rings. The van der Waals surface area contributed by atoms with Crippen molar-refractivity contribution in [3.05, 3.63) is 35.4 Å². The van der Waals surface area contributed by atoms with E-state index in [1.54, 1.807) is 6.07 Å². The molecule has 0 spiro atoms. The van der Waals surface area contributed by atoms with Crippen molar-refractivity contribution in [2.24, 2.45) is 0 Å². The number of nitrogens with one attached hydrogen (secondary N) is 1. The van der Waals surface area contributed by atoms with Crippen LogP contribution in [0.25, 0.3) is 0 Å². The standard InChI is InChI=1S/C15H21F2NO/c1-18-12(5-6-13-3-2-8-19-13)9-11-4-7-14(16)15(17)10-11/h4,7,10,12-13,18H,2-3,5-6,8-9H2,1H3.